The van der Waals surface area contributed by atoms with Crippen molar-refractivity contribution in [2.75, 3.05) is 20.1 Å². The van der Waals surface area contributed by atoms with E-state index in [1.807, 2.05) is 0 Å². The predicted octanol–water partition coefficient (Wildman–Crippen LogP) is 2.06. The van der Waals surface area contributed by atoms with Gasteiger partial charge in [-0.15, -0.1) is 6.58 Å². The fourth-order valence-corrected chi connectivity index (χ4v) is 0.629. The molecule has 1 nitrogen and oxygen atoms in total. The Labute approximate surface area is 64.5 Å². The Kier molecular flexibility index (Phi) is 4.18. The quantitative estimate of drug-likeness (QED) is 0.579. The molecule has 0 fully saturated rings. The molecule has 0 saturated heterocycles. The van der Waals surface area contributed by atoms with Gasteiger partial charge in [-0.1, -0.05) is 6.08 Å². The van der Waals surface area contributed by atoms with E-state index in [1.54, 1.807) is 18.0 Å². The maximum atomic E-state index is 11.6. The summed E-state index contributed by atoms with van der Waals surface area (Å²) < 4.78 is 34.8. The van der Waals surface area contributed by atoms with E-state index in [9.17, 15) is 13.2 Å². The summed E-state index contributed by atoms with van der Waals surface area (Å²) in [6.45, 7) is 3.96. The first-order valence-corrected chi connectivity index (χ1v) is 3.32. The largest absolute Gasteiger partial charge is 0.390 e. The van der Waals surface area contributed by atoms with Crippen molar-refractivity contribution >= 4 is 0 Å². The maximum absolute atomic E-state index is 11.6. The highest BCUT2D eigenvalue weighted by Crippen LogP contribution is 2.19. The Morgan fingerprint density at radius 3 is 2.36 bits per heavy atom. The van der Waals surface area contributed by atoms with Gasteiger partial charge >= 0.3 is 6.18 Å². The molecule has 0 aromatic heterocycles. The molecule has 0 aromatic rings. The van der Waals surface area contributed by atoms with Gasteiger partial charge in [0.05, 0.1) is 6.42 Å². The number of hydrogen-bond donors (Lipinski definition) is 0. The molecule has 0 saturated carbocycles. The molecule has 0 N–H and O–H groups in total. The van der Waals surface area contributed by atoms with E-state index < -0.39 is 12.6 Å². The van der Waals surface area contributed by atoms with Crippen LogP contribution < -0.4 is 0 Å². The minimum atomic E-state index is -4.05. The second kappa shape index (κ2) is 4.38. The van der Waals surface area contributed by atoms with E-state index in [4.69, 9.17) is 0 Å². The van der Waals surface area contributed by atoms with Crippen LogP contribution in [0.2, 0.25) is 0 Å². The lowest BCUT2D eigenvalue weighted by molar-refractivity contribution is -0.137. The van der Waals surface area contributed by atoms with Crippen molar-refractivity contribution in [1.29, 1.82) is 0 Å². The smallest absolute Gasteiger partial charge is 0.302 e. The van der Waals surface area contributed by atoms with Crippen molar-refractivity contribution in [3.05, 3.63) is 12.7 Å². The Balaban J connectivity index is 3.45. The molecule has 0 spiro atoms. The Morgan fingerprint density at radius 1 is 1.45 bits per heavy atom. The van der Waals surface area contributed by atoms with Gasteiger partial charge < -0.3 is 4.90 Å². The molecule has 0 unspecified atom stereocenters. The van der Waals surface area contributed by atoms with Crippen LogP contribution >= 0.6 is 0 Å². The Bertz CT molecular complexity index is 119. The summed E-state index contributed by atoms with van der Waals surface area (Å²) in [5, 5.41) is 0. The Hall–Kier alpha value is -0.510. The molecule has 0 heterocycles. The maximum Gasteiger partial charge on any atom is 0.390 e. The lowest BCUT2D eigenvalue weighted by Crippen LogP contribution is -2.24. The molecular weight excluding hydrogens is 155 g/mol. The van der Waals surface area contributed by atoms with Gasteiger partial charge in [0, 0.05) is 13.1 Å². The second-order valence-electron chi connectivity index (χ2n) is 2.42. The van der Waals surface area contributed by atoms with Gasteiger partial charge in [0.15, 0.2) is 0 Å². The summed E-state index contributed by atoms with van der Waals surface area (Å²) in [4.78, 5) is 1.57. The number of halogens is 3. The molecule has 66 valence electrons. The van der Waals surface area contributed by atoms with Crippen LogP contribution in [0.3, 0.4) is 0 Å². The van der Waals surface area contributed by atoms with Gasteiger partial charge in [0.2, 0.25) is 0 Å². The van der Waals surface area contributed by atoms with Gasteiger partial charge in [0.1, 0.15) is 0 Å². The zero-order valence-electron chi connectivity index (χ0n) is 6.49. The first kappa shape index (κ1) is 10.5. The molecule has 0 rings (SSSR count). The average Bonchev–Trinajstić information content (AvgIpc) is 1.83. The van der Waals surface area contributed by atoms with Gasteiger partial charge in [-0.3, -0.25) is 0 Å². The van der Waals surface area contributed by atoms with Crippen LogP contribution in [-0.2, 0) is 0 Å². The van der Waals surface area contributed by atoms with Gasteiger partial charge in [-0.05, 0) is 7.05 Å². The van der Waals surface area contributed by atoms with E-state index >= 15 is 0 Å². The normalized spacial score (nSPS) is 12.1. The summed E-state index contributed by atoms with van der Waals surface area (Å²) >= 11 is 0. The number of hydrogen-bond acceptors (Lipinski definition) is 1. The molecule has 0 radical (unpaired) electrons. The number of nitrogens with zero attached hydrogens (tertiary/aromatic N) is 1. The Morgan fingerprint density at radius 2 is 2.00 bits per heavy atom. The van der Waals surface area contributed by atoms with Crippen molar-refractivity contribution in [3.8, 4) is 0 Å². The monoisotopic (exact) mass is 167 g/mol. The van der Waals surface area contributed by atoms with E-state index in [-0.39, 0.29) is 6.54 Å². The average molecular weight is 167 g/mol. The van der Waals surface area contributed by atoms with E-state index in [2.05, 4.69) is 6.58 Å². The third kappa shape index (κ3) is 7.39. The standard InChI is InChI=1S/C7H12F3N/c1-3-5-11(2)6-4-7(8,9)10/h3H,1,4-6H2,2H3. The summed E-state index contributed by atoms with van der Waals surface area (Å²) in [6.07, 6.45) is -3.22. The summed E-state index contributed by atoms with van der Waals surface area (Å²) in [5.74, 6) is 0. The molecular formula is C7H12F3N. The zero-order valence-corrected chi connectivity index (χ0v) is 6.49. The topological polar surface area (TPSA) is 3.24 Å². The summed E-state index contributed by atoms with van der Waals surface area (Å²) in [6, 6.07) is 0. The van der Waals surface area contributed by atoms with Crippen LogP contribution in [0.1, 0.15) is 6.42 Å². The highest BCUT2D eigenvalue weighted by atomic mass is 19.4. The van der Waals surface area contributed by atoms with E-state index in [1.165, 1.54) is 0 Å². The molecule has 0 aliphatic carbocycles. The van der Waals surface area contributed by atoms with Crippen molar-refractivity contribution in [2.24, 2.45) is 0 Å². The molecule has 0 aliphatic heterocycles. The first-order chi connectivity index (χ1) is 4.95. The van der Waals surface area contributed by atoms with Crippen LogP contribution in [0, 0.1) is 0 Å². The minimum absolute atomic E-state index is 0.0372. The highest BCUT2D eigenvalue weighted by molar-refractivity contribution is 4.71. The number of alkyl halides is 3. The lowest BCUT2D eigenvalue weighted by Gasteiger charge is -2.14. The SMILES string of the molecule is C=CCN(C)CCC(F)(F)F. The predicted molar refractivity (Wildman–Crippen MR) is 38.4 cm³/mol. The molecule has 11 heavy (non-hydrogen) atoms. The molecule has 0 amide bonds. The molecule has 0 aromatic carbocycles. The van der Waals surface area contributed by atoms with Crippen LogP contribution in [-0.4, -0.2) is 31.2 Å². The molecule has 0 atom stereocenters. The van der Waals surface area contributed by atoms with E-state index in [0.717, 1.165) is 0 Å². The minimum Gasteiger partial charge on any atom is -0.302 e. The molecule has 4 heteroatoms. The third-order valence-corrected chi connectivity index (χ3v) is 1.22. The van der Waals surface area contributed by atoms with E-state index in [0.29, 0.717) is 6.54 Å². The highest BCUT2D eigenvalue weighted by Gasteiger charge is 2.26. The fraction of sp³-hybridized carbons (Fsp3) is 0.714. The summed E-state index contributed by atoms with van der Waals surface area (Å²) in [5.41, 5.74) is 0. The summed E-state index contributed by atoms with van der Waals surface area (Å²) in [7, 11) is 1.63. The van der Waals surface area contributed by atoms with Crippen LogP contribution in [0.15, 0.2) is 12.7 Å². The lowest BCUT2D eigenvalue weighted by atomic mass is 10.4. The van der Waals surface area contributed by atoms with Gasteiger partial charge in [0.25, 0.3) is 0 Å². The number of likely N-dealkylation sites (N-methyl/N-ethyl adjacent to an activating group) is 1. The third-order valence-electron chi connectivity index (χ3n) is 1.22. The van der Waals surface area contributed by atoms with Crippen molar-refractivity contribution in [1.82, 2.24) is 4.90 Å². The fourth-order valence-electron chi connectivity index (χ4n) is 0.629. The van der Waals surface area contributed by atoms with Crippen molar-refractivity contribution in [3.63, 3.8) is 0 Å². The zero-order chi connectivity index (χ0) is 8.91. The van der Waals surface area contributed by atoms with Crippen LogP contribution in [0.5, 0.6) is 0 Å². The van der Waals surface area contributed by atoms with Gasteiger partial charge in [-0.2, -0.15) is 13.2 Å². The van der Waals surface area contributed by atoms with Crippen LogP contribution in [0.4, 0.5) is 13.2 Å². The van der Waals surface area contributed by atoms with Crippen LogP contribution in [0.25, 0.3) is 0 Å². The first-order valence-electron chi connectivity index (χ1n) is 3.32. The van der Waals surface area contributed by atoms with Crippen molar-refractivity contribution < 1.29 is 13.2 Å². The van der Waals surface area contributed by atoms with Crippen molar-refractivity contribution in [2.45, 2.75) is 12.6 Å². The second-order valence-corrected chi connectivity index (χ2v) is 2.42. The molecule has 0 aliphatic rings. The number of rotatable bonds is 4. The molecule has 0 bridgehead atoms. The van der Waals surface area contributed by atoms with Gasteiger partial charge in [-0.25, -0.2) is 0 Å².